The maximum Gasteiger partial charge on any atom is 0.236 e. The zero-order valence-corrected chi connectivity index (χ0v) is 13.5. The zero-order valence-electron chi connectivity index (χ0n) is 13.5. The van der Waals surface area contributed by atoms with E-state index in [1.807, 2.05) is 17.9 Å². The lowest BCUT2D eigenvalue weighted by Crippen LogP contribution is -2.50. The van der Waals surface area contributed by atoms with E-state index in [0.29, 0.717) is 12.5 Å². The Balaban J connectivity index is 1.48. The van der Waals surface area contributed by atoms with Crippen LogP contribution in [0.5, 0.6) is 0 Å². The van der Waals surface area contributed by atoms with Crippen molar-refractivity contribution in [2.45, 2.75) is 26.2 Å². The number of carbonyl (C=O) groups is 1. The summed E-state index contributed by atoms with van der Waals surface area (Å²) in [7, 11) is 0. The van der Waals surface area contributed by atoms with Gasteiger partial charge in [0.1, 0.15) is 5.82 Å². The molecular weight excluding hydrogens is 276 g/mol. The summed E-state index contributed by atoms with van der Waals surface area (Å²) in [6, 6.07) is 6.16. The van der Waals surface area contributed by atoms with Crippen molar-refractivity contribution in [1.82, 2.24) is 14.8 Å². The molecule has 5 nitrogen and oxygen atoms in total. The molecule has 120 valence electrons. The number of piperidine rings is 1. The Morgan fingerprint density at radius 3 is 2.45 bits per heavy atom. The molecule has 2 aliphatic heterocycles. The van der Waals surface area contributed by atoms with Gasteiger partial charge < -0.3 is 9.80 Å². The summed E-state index contributed by atoms with van der Waals surface area (Å²) in [5.41, 5.74) is 1.06. The molecule has 5 heteroatoms. The second-order valence-electron chi connectivity index (χ2n) is 6.34. The first kappa shape index (κ1) is 15.3. The third kappa shape index (κ3) is 3.77. The Kier molecular flexibility index (Phi) is 4.93. The minimum absolute atomic E-state index is 0.307. The molecule has 3 heterocycles. The minimum atomic E-state index is 0.307. The van der Waals surface area contributed by atoms with E-state index in [4.69, 9.17) is 0 Å². The van der Waals surface area contributed by atoms with Crippen LogP contribution in [-0.2, 0) is 4.79 Å². The molecule has 22 heavy (non-hydrogen) atoms. The van der Waals surface area contributed by atoms with Crippen LogP contribution in [0.25, 0.3) is 0 Å². The number of anilines is 1. The van der Waals surface area contributed by atoms with Gasteiger partial charge in [0, 0.05) is 45.0 Å². The highest BCUT2D eigenvalue weighted by Gasteiger charge is 2.23. The number of hydrogen-bond acceptors (Lipinski definition) is 4. The van der Waals surface area contributed by atoms with E-state index in [-0.39, 0.29) is 0 Å². The molecule has 0 spiro atoms. The van der Waals surface area contributed by atoms with Crippen LogP contribution in [0, 0.1) is 6.92 Å². The summed E-state index contributed by atoms with van der Waals surface area (Å²) < 4.78 is 0. The molecule has 0 radical (unpaired) electrons. The second-order valence-corrected chi connectivity index (χ2v) is 6.34. The van der Waals surface area contributed by atoms with E-state index in [9.17, 15) is 4.79 Å². The largest absolute Gasteiger partial charge is 0.354 e. The quantitative estimate of drug-likeness (QED) is 0.849. The number of rotatable bonds is 3. The van der Waals surface area contributed by atoms with Crippen molar-refractivity contribution in [2.75, 3.05) is 50.7 Å². The highest BCUT2D eigenvalue weighted by atomic mass is 16.2. The smallest absolute Gasteiger partial charge is 0.236 e. The molecule has 1 aromatic rings. The van der Waals surface area contributed by atoms with Gasteiger partial charge in [-0.3, -0.25) is 9.69 Å². The molecule has 0 aromatic carbocycles. The molecule has 2 saturated heterocycles. The van der Waals surface area contributed by atoms with E-state index in [1.54, 1.807) is 0 Å². The van der Waals surface area contributed by atoms with Crippen molar-refractivity contribution < 1.29 is 4.79 Å². The van der Waals surface area contributed by atoms with Crippen LogP contribution < -0.4 is 4.90 Å². The van der Waals surface area contributed by atoms with Gasteiger partial charge in [-0.25, -0.2) is 4.98 Å². The van der Waals surface area contributed by atoms with Crippen LogP contribution in [-0.4, -0.2) is 66.5 Å². The van der Waals surface area contributed by atoms with Crippen molar-refractivity contribution in [1.29, 1.82) is 0 Å². The van der Waals surface area contributed by atoms with Crippen molar-refractivity contribution in [2.24, 2.45) is 0 Å². The summed E-state index contributed by atoms with van der Waals surface area (Å²) in [4.78, 5) is 23.5. The van der Waals surface area contributed by atoms with Crippen LogP contribution >= 0.6 is 0 Å². The molecule has 0 aliphatic carbocycles. The molecule has 1 amide bonds. The van der Waals surface area contributed by atoms with E-state index in [0.717, 1.165) is 50.8 Å². The molecule has 0 N–H and O–H groups in total. The van der Waals surface area contributed by atoms with Gasteiger partial charge in [-0.2, -0.15) is 0 Å². The van der Waals surface area contributed by atoms with Gasteiger partial charge in [-0.15, -0.1) is 0 Å². The van der Waals surface area contributed by atoms with Crippen molar-refractivity contribution in [3.8, 4) is 0 Å². The number of pyridine rings is 1. The number of nitrogens with zero attached hydrogens (tertiary/aromatic N) is 4. The fourth-order valence-corrected chi connectivity index (χ4v) is 3.27. The van der Waals surface area contributed by atoms with Crippen LogP contribution in [0.3, 0.4) is 0 Å². The van der Waals surface area contributed by atoms with Gasteiger partial charge in [-0.1, -0.05) is 6.07 Å². The topological polar surface area (TPSA) is 39.7 Å². The lowest BCUT2D eigenvalue weighted by molar-refractivity contribution is -0.133. The minimum Gasteiger partial charge on any atom is -0.354 e. The number of piperazine rings is 1. The van der Waals surface area contributed by atoms with Crippen LogP contribution in [0.4, 0.5) is 5.82 Å². The maximum atomic E-state index is 12.3. The van der Waals surface area contributed by atoms with Crippen molar-refractivity contribution in [3.05, 3.63) is 23.9 Å². The maximum absolute atomic E-state index is 12.3. The number of aryl methyl sites for hydroxylation is 1. The van der Waals surface area contributed by atoms with Crippen molar-refractivity contribution in [3.63, 3.8) is 0 Å². The first-order chi connectivity index (χ1) is 10.7. The summed E-state index contributed by atoms with van der Waals surface area (Å²) in [5, 5.41) is 0. The van der Waals surface area contributed by atoms with Gasteiger partial charge in [0.05, 0.1) is 6.54 Å². The second kappa shape index (κ2) is 7.09. The van der Waals surface area contributed by atoms with E-state index < -0.39 is 0 Å². The fraction of sp³-hybridized carbons (Fsp3) is 0.647. The molecule has 0 bridgehead atoms. The summed E-state index contributed by atoms with van der Waals surface area (Å²) in [6.45, 7) is 8.28. The van der Waals surface area contributed by atoms with Crippen LogP contribution in [0.1, 0.15) is 25.0 Å². The molecule has 0 saturated carbocycles. The average Bonchev–Trinajstić information content (AvgIpc) is 2.56. The van der Waals surface area contributed by atoms with E-state index in [2.05, 4.69) is 26.9 Å². The Hall–Kier alpha value is -1.62. The van der Waals surface area contributed by atoms with Gasteiger partial charge in [0.2, 0.25) is 5.91 Å². The normalized spacial score (nSPS) is 20.2. The standard InChI is InChI=1S/C17H26N4O/c1-15-6-5-7-16(18-15)20-12-10-19(11-13-20)14-17(22)21-8-3-2-4-9-21/h5-7H,2-4,8-14H2,1H3. The Morgan fingerprint density at radius 2 is 1.77 bits per heavy atom. The molecule has 0 atom stereocenters. The summed E-state index contributed by atoms with van der Waals surface area (Å²) in [5.74, 6) is 1.36. The first-order valence-corrected chi connectivity index (χ1v) is 8.41. The van der Waals surface area contributed by atoms with Crippen LogP contribution in [0.15, 0.2) is 18.2 Å². The van der Waals surface area contributed by atoms with Crippen molar-refractivity contribution >= 4 is 11.7 Å². The lowest BCUT2D eigenvalue weighted by atomic mass is 10.1. The van der Waals surface area contributed by atoms with Gasteiger partial charge in [-0.05, 0) is 38.3 Å². The monoisotopic (exact) mass is 302 g/mol. The van der Waals surface area contributed by atoms with E-state index >= 15 is 0 Å². The molecule has 2 aliphatic rings. The predicted molar refractivity (Wildman–Crippen MR) is 88.1 cm³/mol. The Labute approximate surface area is 132 Å². The molecule has 2 fully saturated rings. The number of likely N-dealkylation sites (tertiary alicyclic amines) is 1. The SMILES string of the molecule is Cc1cccc(N2CCN(CC(=O)N3CCCCC3)CC2)n1. The molecular formula is C17H26N4O. The fourth-order valence-electron chi connectivity index (χ4n) is 3.27. The van der Waals surface area contributed by atoms with Crippen LogP contribution in [0.2, 0.25) is 0 Å². The highest BCUT2D eigenvalue weighted by Crippen LogP contribution is 2.15. The van der Waals surface area contributed by atoms with Gasteiger partial charge in [0.25, 0.3) is 0 Å². The van der Waals surface area contributed by atoms with Gasteiger partial charge >= 0.3 is 0 Å². The third-order valence-corrected chi connectivity index (χ3v) is 4.64. The number of aromatic nitrogens is 1. The number of carbonyl (C=O) groups excluding carboxylic acids is 1. The third-order valence-electron chi connectivity index (χ3n) is 4.64. The predicted octanol–water partition coefficient (Wildman–Crippen LogP) is 1.52. The number of amides is 1. The molecule has 3 rings (SSSR count). The molecule has 1 aromatic heterocycles. The Bertz CT molecular complexity index is 505. The van der Waals surface area contributed by atoms with E-state index in [1.165, 1.54) is 19.3 Å². The summed E-state index contributed by atoms with van der Waals surface area (Å²) in [6.07, 6.45) is 3.60. The van der Waals surface area contributed by atoms with Gasteiger partial charge in [0.15, 0.2) is 0 Å². The Morgan fingerprint density at radius 1 is 1.05 bits per heavy atom. The highest BCUT2D eigenvalue weighted by molar-refractivity contribution is 5.78. The zero-order chi connectivity index (χ0) is 15.4. The first-order valence-electron chi connectivity index (χ1n) is 8.41. The lowest BCUT2D eigenvalue weighted by Gasteiger charge is -2.36. The molecule has 0 unspecified atom stereocenters. The summed E-state index contributed by atoms with van der Waals surface area (Å²) >= 11 is 0. The average molecular weight is 302 g/mol. The number of hydrogen-bond donors (Lipinski definition) is 0.